The van der Waals surface area contributed by atoms with Gasteiger partial charge in [0.05, 0.1) is 5.52 Å². The Morgan fingerprint density at radius 3 is 2.75 bits per heavy atom. The van der Waals surface area contributed by atoms with Crippen LogP contribution in [0, 0.1) is 0 Å². The van der Waals surface area contributed by atoms with Gasteiger partial charge in [0.1, 0.15) is 0 Å². The Hall–Kier alpha value is -2.95. The molecule has 5 heteroatoms. The van der Waals surface area contributed by atoms with E-state index < -0.39 is 5.97 Å². The van der Waals surface area contributed by atoms with Crippen LogP contribution < -0.4 is 4.74 Å². The van der Waals surface area contributed by atoms with Crippen LogP contribution in [0.2, 0.25) is 0 Å². The molecule has 5 nitrogen and oxygen atoms in total. The highest BCUT2D eigenvalue weighted by Crippen LogP contribution is 2.24. The predicted octanol–water partition coefficient (Wildman–Crippen LogP) is 3.12. The number of nitrogens with zero attached hydrogens (tertiary/aromatic N) is 2. The molecule has 0 amide bonds. The quantitative estimate of drug-likeness (QED) is 0.788. The molecule has 3 rings (SSSR count). The second-order valence-corrected chi connectivity index (χ2v) is 4.10. The zero-order valence-electron chi connectivity index (χ0n) is 10.4. The fourth-order valence-electron chi connectivity index (χ4n) is 1.85. The zero-order valence-corrected chi connectivity index (χ0v) is 10.4. The van der Waals surface area contributed by atoms with Gasteiger partial charge in [-0.15, -0.1) is 0 Å². The number of aromatic nitrogens is 2. The number of carbonyl (C=O) groups is 1. The van der Waals surface area contributed by atoms with Crippen molar-refractivity contribution in [3.63, 3.8) is 0 Å². The van der Waals surface area contributed by atoms with Gasteiger partial charge >= 0.3 is 5.97 Å². The summed E-state index contributed by atoms with van der Waals surface area (Å²) in [5.41, 5.74) is 0.647. The number of benzene rings is 1. The third-order valence-electron chi connectivity index (χ3n) is 2.76. The lowest BCUT2D eigenvalue weighted by molar-refractivity contribution is 0.0687. The Labute approximate surface area is 114 Å². The van der Waals surface area contributed by atoms with E-state index in [4.69, 9.17) is 9.84 Å². The highest BCUT2D eigenvalue weighted by molar-refractivity contribution is 5.88. The lowest BCUT2D eigenvalue weighted by Crippen LogP contribution is -2.03. The molecule has 0 unspecified atom stereocenters. The Balaban J connectivity index is 1.99. The van der Waals surface area contributed by atoms with Gasteiger partial charge in [0.25, 0.3) is 0 Å². The zero-order chi connectivity index (χ0) is 13.9. The van der Waals surface area contributed by atoms with E-state index >= 15 is 0 Å². The van der Waals surface area contributed by atoms with Crippen molar-refractivity contribution in [2.45, 2.75) is 0 Å². The Bertz CT molecular complexity index is 787. The van der Waals surface area contributed by atoms with Crippen molar-refractivity contribution >= 4 is 16.9 Å². The number of hydrogen-bond acceptors (Lipinski definition) is 4. The molecule has 0 aliphatic carbocycles. The average molecular weight is 266 g/mol. The van der Waals surface area contributed by atoms with Gasteiger partial charge in [-0.3, -0.25) is 0 Å². The second-order valence-electron chi connectivity index (χ2n) is 4.10. The highest BCUT2D eigenvalue weighted by atomic mass is 16.5. The maximum absolute atomic E-state index is 11.1. The van der Waals surface area contributed by atoms with E-state index in [1.807, 2.05) is 30.3 Å². The summed E-state index contributed by atoms with van der Waals surface area (Å²) in [6.45, 7) is 0. The summed E-state index contributed by atoms with van der Waals surface area (Å²) in [6, 6.07) is 14.3. The number of aromatic carboxylic acids is 1. The third kappa shape index (κ3) is 2.29. The molecule has 0 spiro atoms. The maximum Gasteiger partial charge on any atom is 0.358 e. The number of ether oxygens (including phenoxy) is 1. The fourth-order valence-corrected chi connectivity index (χ4v) is 1.85. The van der Waals surface area contributed by atoms with Crippen molar-refractivity contribution < 1.29 is 14.6 Å². The van der Waals surface area contributed by atoms with Crippen molar-refractivity contribution in [3.8, 4) is 11.6 Å². The van der Waals surface area contributed by atoms with Crippen LogP contribution in [0.25, 0.3) is 10.9 Å². The number of rotatable bonds is 3. The molecule has 0 aliphatic rings. The largest absolute Gasteiger partial charge is 0.476 e. The van der Waals surface area contributed by atoms with Crippen LogP contribution in [0.3, 0.4) is 0 Å². The van der Waals surface area contributed by atoms with Gasteiger partial charge in [-0.1, -0.05) is 18.2 Å². The molecule has 3 aromatic rings. The van der Waals surface area contributed by atoms with Gasteiger partial charge in [0.2, 0.25) is 5.88 Å². The third-order valence-corrected chi connectivity index (χ3v) is 2.76. The second kappa shape index (κ2) is 4.97. The molecule has 1 N–H and O–H groups in total. The summed E-state index contributed by atoms with van der Waals surface area (Å²) < 4.78 is 5.52. The minimum Gasteiger partial charge on any atom is -0.476 e. The van der Waals surface area contributed by atoms with Gasteiger partial charge in [0, 0.05) is 17.6 Å². The summed E-state index contributed by atoms with van der Waals surface area (Å²) in [4.78, 5) is 19.2. The highest BCUT2D eigenvalue weighted by Gasteiger charge is 2.13. The van der Waals surface area contributed by atoms with Crippen molar-refractivity contribution in [2.75, 3.05) is 0 Å². The summed E-state index contributed by atoms with van der Waals surface area (Å²) in [7, 11) is 0. The standard InChI is InChI=1S/C15H10N2O3/c18-15(19)14-12(6-3-9-16-14)20-13-8-7-10-4-1-2-5-11(10)17-13/h1-9H,(H,18,19). The van der Waals surface area contributed by atoms with Gasteiger partial charge < -0.3 is 9.84 Å². The minimum absolute atomic E-state index is 0.137. The monoisotopic (exact) mass is 266 g/mol. The Morgan fingerprint density at radius 1 is 1.05 bits per heavy atom. The normalized spacial score (nSPS) is 10.4. The first-order chi connectivity index (χ1) is 9.74. The minimum atomic E-state index is -1.14. The number of fused-ring (bicyclic) bond motifs is 1. The Kier molecular flexibility index (Phi) is 3.01. The molecule has 0 aliphatic heterocycles. The first-order valence-electron chi connectivity index (χ1n) is 5.96. The topological polar surface area (TPSA) is 72.3 Å². The fraction of sp³-hybridized carbons (Fsp3) is 0. The first kappa shape index (κ1) is 12.1. The summed E-state index contributed by atoms with van der Waals surface area (Å²) in [6.07, 6.45) is 1.41. The lowest BCUT2D eigenvalue weighted by atomic mass is 10.2. The number of carboxylic acids is 1. The maximum atomic E-state index is 11.1. The number of carboxylic acid groups (broad SMARTS) is 1. The van der Waals surface area contributed by atoms with E-state index in [-0.39, 0.29) is 11.4 Å². The molecule has 0 saturated heterocycles. The summed E-state index contributed by atoms with van der Waals surface area (Å²) in [5, 5.41) is 10.0. The molecule has 98 valence electrons. The van der Waals surface area contributed by atoms with E-state index in [9.17, 15) is 4.79 Å². The number of hydrogen-bond donors (Lipinski definition) is 1. The van der Waals surface area contributed by atoms with Gasteiger partial charge in [0.15, 0.2) is 11.4 Å². The first-order valence-corrected chi connectivity index (χ1v) is 5.96. The SMILES string of the molecule is O=C(O)c1ncccc1Oc1ccc2ccccc2n1. The van der Waals surface area contributed by atoms with Crippen LogP contribution >= 0.6 is 0 Å². The molecule has 2 heterocycles. The summed E-state index contributed by atoms with van der Waals surface area (Å²) >= 11 is 0. The van der Waals surface area contributed by atoms with E-state index in [1.165, 1.54) is 6.20 Å². The molecule has 1 aromatic carbocycles. The molecular formula is C15H10N2O3. The molecular weight excluding hydrogens is 256 g/mol. The van der Waals surface area contributed by atoms with Crippen LogP contribution in [0.5, 0.6) is 11.6 Å². The van der Waals surface area contributed by atoms with E-state index in [0.29, 0.717) is 5.88 Å². The molecule has 0 atom stereocenters. The van der Waals surface area contributed by atoms with Crippen molar-refractivity contribution in [2.24, 2.45) is 0 Å². The van der Waals surface area contributed by atoms with E-state index in [0.717, 1.165) is 10.9 Å². The Morgan fingerprint density at radius 2 is 1.90 bits per heavy atom. The number of para-hydroxylation sites is 1. The van der Waals surface area contributed by atoms with Crippen molar-refractivity contribution in [1.82, 2.24) is 9.97 Å². The van der Waals surface area contributed by atoms with Crippen LogP contribution in [-0.4, -0.2) is 21.0 Å². The summed E-state index contributed by atoms with van der Waals surface area (Å²) in [5.74, 6) is -0.636. The molecule has 2 aromatic heterocycles. The molecule has 20 heavy (non-hydrogen) atoms. The lowest BCUT2D eigenvalue weighted by Gasteiger charge is -2.07. The van der Waals surface area contributed by atoms with Crippen LogP contribution in [0.4, 0.5) is 0 Å². The molecule has 0 fully saturated rings. The molecule has 0 radical (unpaired) electrons. The van der Waals surface area contributed by atoms with Crippen molar-refractivity contribution in [1.29, 1.82) is 0 Å². The molecule has 0 saturated carbocycles. The van der Waals surface area contributed by atoms with Crippen LogP contribution in [0.1, 0.15) is 10.5 Å². The van der Waals surface area contributed by atoms with Gasteiger partial charge in [-0.25, -0.2) is 14.8 Å². The van der Waals surface area contributed by atoms with Crippen molar-refractivity contribution in [3.05, 3.63) is 60.4 Å². The molecule has 0 bridgehead atoms. The predicted molar refractivity (Wildman–Crippen MR) is 73.0 cm³/mol. The number of pyridine rings is 2. The smallest absolute Gasteiger partial charge is 0.358 e. The average Bonchev–Trinajstić information content (AvgIpc) is 2.47. The van der Waals surface area contributed by atoms with Gasteiger partial charge in [-0.2, -0.15) is 0 Å². The van der Waals surface area contributed by atoms with Crippen LogP contribution in [-0.2, 0) is 0 Å². The van der Waals surface area contributed by atoms with E-state index in [1.54, 1.807) is 18.2 Å². The van der Waals surface area contributed by atoms with Crippen LogP contribution in [0.15, 0.2) is 54.7 Å². The van der Waals surface area contributed by atoms with Gasteiger partial charge in [-0.05, 0) is 24.3 Å². The van der Waals surface area contributed by atoms with E-state index in [2.05, 4.69) is 9.97 Å².